The third kappa shape index (κ3) is 2.34. The first-order valence-corrected chi connectivity index (χ1v) is 4.64. The third-order valence-electron chi connectivity index (χ3n) is 1.52. The molecular formula is C9H9BrClN. The Labute approximate surface area is 85.3 Å². The van der Waals surface area contributed by atoms with Gasteiger partial charge in [-0.2, -0.15) is 0 Å². The Hall–Kier alpha value is -0.310. The molecule has 0 aromatic heterocycles. The van der Waals surface area contributed by atoms with E-state index in [1.54, 1.807) is 6.08 Å². The van der Waals surface area contributed by atoms with Crippen molar-refractivity contribution >= 4 is 27.5 Å². The van der Waals surface area contributed by atoms with Gasteiger partial charge in [-0.05, 0) is 23.8 Å². The van der Waals surface area contributed by atoms with Crippen LogP contribution in [0.15, 0.2) is 35.3 Å². The first-order valence-electron chi connectivity index (χ1n) is 3.47. The molecule has 0 aliphatic rings. The molecule has 0 unspecified atom stereocenters. The van der Waals surface area contributed by atoms with Crippen molar-refractivity contribution in [2.75, 3.05) is 0 Å². The van der Waals surface area contributed by atoms with Crippen LogP contribution in [0.1, 0.15) is 11.6 Å². The van der Waals surface area contributed by atoms with E-state index in [0.29, 0.717) is 5.02 Å². The van der Waals surface area contributed by atoms with E-state index in [4.69, 9.17) is 17.3 Å². The van der Waals surface area contributed by atoms with Gasteiger partial charge >= 0.3 is 0 Å². The highest BCUT2D eigenvalue weighted by molar-refractivity contribution is 9.10. The van der Waals surface area contributed by atoms with Crippen molar-refractivity contribution in [3.63, 3.8) is 0 Å². The highest BCUT2D eigenvalue weighted by Gasteiger charge is 2.02. The van der Waals surface area contributed by atoms with E-state index in [1.165, 1.54) is 0 Å². The summed E-state index contributed by atoms with van der Waals surface area (Å²) in [5, 5.41) is 0.677. The Bertz CT molecular complexity index is 278. The highest BCUT2D eigenvalue weighted by Crippen LogP contribution is 2.23. The lowest BCUT2D eigenvalue weighted by Crippen LogP contribution is -2.06. The maximum atomic E-state index is 5.83. The monoisotopic (exact) mass is 245 g/mol. The molecule has 1 aromatic rings. The zero-order valence-corrected chi connectivity index (χ0v) is 8.77. The smallest absolute Gasteiger partial charge is 0.0479 e. The summed E-state index contributed by atoms with van der Waals surface area (Å²) in [5.74, 6) is 0. The summed E-state index contributed by atoms with van der Waals surface area (Å²) in [5.41, 5.74) is 6.70. The van der Waals surface area contributed by atoms with Crippen LogP contribution in [-0.4, -0.2) is 0 Å². The van der Waals surface area contributed by atoms with E-state index in [9.17, 15) is 0 Å². The van der Waals surface area contributed by atoms with Crippen LogP contribution in [0.5, 0.6) is 0 Å². The maximum Gasteiger partial charge on any atom is 0.0479 e. The van der Waals surface area contributed by atoms with E-state index in [-0.39, 0.29) is 6.04 Å². The average Bonchev–Trinajstić information content (AvgIpc) is 2.01. The Morgan fingerprint density at radius 1 is 1.50 bits per heavy atom. The van der Waals surface area contributed by atoms with E-state index in [0.717, 1.165) is 10.0 Å². The fourth-order valence-electron chi connectivity index (χ4n) is 0.904. The lowest BCUT2D eigenvalue weighted by Gasteiger charge is -2.07. The zero-order chi connectivity index (χ0) is 9.14. The van der Waals surface area contributed by atoms with Crippen molar-refractivity contribution in [3.8, 4) is 0 Å². The molecule has 2 N–H and O–H groups in total. The Balaban J connectivity index is 3.08. The van der Waals surface area contributed by atoms with Crippen molar-refractivity contribution in [3.05, 3.63) is 45.9 Å². The summed E-state index contributed by atoms with van der Waals surface area (Å²) in [7, 11) is 0. The molecule has 1 nitrogen and oxygen atoms in total. The molecule has 0 saturated heterocycles. The van der Waals surface area contributed by atoms with Crippen LogP contribution in [0.25, 0.3) is 0 Å². The minimum atomic E-state index is -0.153. The van der Waals surface area contributed by atoms with Gasteiger partial charge in [-0.1, -0.05) is 33.6 Å². The number of benzene rings is 1. The third-order valence-corrected chi connectivity index (χ3v) is 2.20. The average molecular weight is 247 g/mol. The van der Waals surface area contributed by atoms with Gasteiger partial charge in [0, 0.05) is 15.5 Å². The second-order valence-corrected chi connectivity index (χ2v) is 3.82. The molecule has 0 radical (unpaired) electrons. The zero-order valence-electron chi connectivity index (χ0n) is 6.43. The fourth-order valence-corrected chi connectivity index (χ4v) is 1.79. The number of nitrogens with two attached hydrogens (primary N) is 1. The molecule has 12 heavy (non-hydrogen) atoms. The van der Waals surface area contributed by atoms with Crippen LogP contribution >= 0.6 is 27.5 Å². The predicted octanol–water partition coefficient (Wildman–Crippen LogP) is 3.29. The second kappa shape index (κ2) is 4.08. The summed E-state index contributed by atoms with van der Waals surface area (Å²) >= 11 is 9.17. The van der Waals surface area contributed by atoms with Crippen LogP contribution in [0.2, 0.25) is 5.02 Å². The lowest BCUT2D eigenvalue weighted by atomic mass is 10.1. The van der Waals surface area contributed by atoms with Crippen LogP contribution < -0.4 is 5.73 Å². The maximum absolute atomic E-state index is 5.83. The molecule has 1 rings (SSSR count). The van der Waals surface area contributed by atoms with Crippen molar-refractivity contribution in [2.45, 2.75) is 6.04 Å². The normalized spacial score (nSPS) is 12.6. The molecule has 0 saturated carbocycles. The molecule has 0 amide bonds. The largest absolute Gasteiger partial charge is 0.321 e. The Morgan fingerprint density at radius 3 is 2.67 bits per heavy atom. The molecule has 0 fully saturated rings. The van der Waals surface area contributed by atoms with E-state index in [1.807, 2.05) is 18.2 Å². The summed E-state index contributed by atoms with van der Waals surface area (Å²) in [6, 6.07) is 5.43. The molecule has 3 heteroatoms. The summed E-state index contributed by atoms with van der Waals surface area (Å²) in [6.45, 7) is 3.61. The molecule has 64 valence electrons. The van der Waals surface area contributed by atoms with Crippen molar-refractivity contribution in [1.82, 2.24) is 0 Å². The molecule has 0 bridgehead atoms. The summed E-state index contributed by atoms with van der Waals surface area (Å²) in [4.78, 5) is 0. The standard InChI is InChI=1S/C9H9BrClN/c1-2-9(12)6-3-7(10)5-8(11)4-6/h2-5,9H,1,12H2/t9-/m1/s1. The molecule has 0 aliphatic heterocycles. The number of rotatable bonds is 2. The Kier molecular flexibility index (Phi) is 3.32. The van der Waals surface area contributed by atoms with Gasteiger partial charge in [0.15, 0.2) is 0 Å². The highest BCUT2D eigenvalue weighted by atomic mass is 79.9. The fraction of sp³-hybridized carbons (Fsp3) is 0.111. The van der Waals surface area contributed by atoms with Gasteiger partial charge in [-0.15, -0.1) is 6.58 Å². The van der Waals surface area contributed by atoms with Crippen molar-refractivity contribution in [2.24, 2.45) is 5.73 Å². The Morgan fingerprint density at radius 2 is 2.17 bits per heavy atom. The first kappa shape index (κ1) is 9.78. The van der Waals surface area contributed by atoms with Gasteiger partial charge in [-0.25, -0.2) is 0 Å². The first-order chi connectivity index (χ1) is 5.63. The van der Waals surface area contributed by atoms with Crippen LogP contribution in [-0.2, 0) is 0 Å². The second-order valence-electron chi connectivity index (χ2n) is 2.46. The molecule has 1 aromatic carbocycles. The van der Waals surface area contributed by atoms with Crippen molar-refractivity contribution < 1.29 is 0 Å². The van der Waals surface area contributed by atoms with E-state index >= 15 is 0 Å². The molecule has 0 aliphatic carbocycles. The van der Waals surface area contributed by atoms with Gasteiger partial charge in [0.05, 0.1) is 0 Å². The van der Waals surface area contributed by atoms with Gasteiger partial charge < -0.3 is 5.73 Å². The van der Waals surface area contributed by atoms with Gasteiger partial charge in [0.2, 0.25) is 0 Å². The number of hydrogen-bond donors (Lipinski definition) is 1. The minimum Gasteiger partial charge on any atom is -0.321 e. The predicted molar refractivity (Wildman–Crippen MR) is 56.3 cm³/mol. The van der Waals surface area contributed by atoms with Gasteiger partial charge in [-0.3, -0.25) is 0 Å². The van der Waals surface area contributed by atoms with Crippen LogP contribution in [0, 0.1) is 0 Å². The molecule has 1 atom stereocenters. The van der Waals surface area contributed by atoms with Crippen LogP contribution in [0.4, 0.5) is 0 Å². The molecule has 0 heterocycles. The summed E-state index contributed by atoms with van der Waals surface area (Å²) in [6.07, 6.45) is 1.68. The van der Waals surface area contributed by atoms with E-state index < -0.39 is 0 Å². The van der Waals surface area contributed by atoms with Gasteiger partial charge in [0.25, 0.3) is 0 Å². The van der Waals surface area contributed by atoms with Gasteiger partial charge in [0.1, 0.15) is 0 Å². The molecule has 0 spiro atoms. The lowest BCUT2D eigenvalue weighted by molar-refractivity contribution is 0.913. The molecular weight excluding hydrogens is 237 g/mol. The van der Waals surface area contributed by atoms with Crippen molar-refractivity contribution in [1.29, 1.82) is 0 Å². The SMILES string of the molecule is C=C[C@@H](N)c1cc(Cl)cc(Br)c1. The van der Waals surface area contributed by atoms with E-state index in [2.05, 4.69) is 22.5 Å². The number of hydrogen-bond acceptors (Lipinski definition) is 1. The minimum absolute atomic E-state index is 0.153. The topological polar surface area (TPSA) is 26.0 Å². The quantitative estimate of drug-likeness (QED) is 0.796. The summed E-state index contributed by atoms with van der Waals surface area (Å²) < 4.78 is 0.933. The van der Waals surface area contributed by atoms with Crippen LogP contribution in [0.3, 0.4) is 0 Å². The number of halogens is 2.